The Balaban J connectivity index is 1.70. The van der Waals surface area contributed by atoms with Crippen molar-refractivity contribution in [2.75, 3.05) is 24.3 Å². The first-order valence-electron chi connectivity index (χ1n) is 8.58. The average Bonchev–Trinajstić information content (AvgIpc) is 2.67. The van der Waals surface area contributed by atoms with Crippen LogP contribution in [-0.4, -0.2) is 35.0 Å². The first-order valence-corrected chi connectivity index (χ1v) is 8.58. The van der Waals surface area contributed by atoms with Crippen LogP contribution in [0.4, 0.5) is 17.3 Å². The van der Waals surface area contributed by atoms with Crippen LogP contribution >= 0.6 is 0 Å². The third kappa shape index (κ3) is 5.01. The maximum Gasteiger partial charge on any atom is 0.270 e. The summed E-state index contributed by atoms with van der Waals surface area (Å²) < 4.78 is 0. The van der Waals surface area contributed by atoms with Gasteiger partial charge in [-0.15, -0.1) is 0 Å². The Labute approximate surface area is 158 Å². The molecule has 2 aromatic heterocycles. The van der Waals surface area contributed by atoms with Crippen LogP contribution in [0.3, 0.4) is 0 Å². The summed E-state index contributed by atoms with van der Waals surface area (Å²) in [6.07, 6.45) is 3.39. The third-order valence-corrected chi connectivity index (χ3v) is 3.93. The van der Waals surface area contributed by atoms with Crippen molar-refractivity contribution in [2.24, 2.45) is 0 Å². The lowest BCUT2D eigenvalue weighted by Crippen LogP contribution is -2.24. The summed E-state index contributed by atoms with van der Waals surface area (Å²) in [7, 11) is 3.98. The van der Waals surface area contributed by atoms with E-state index in [1.807, 2.05) is 62.3 Å². The third-order valence-electron chi connectivity index (χ3n) is 3.93. The summed E-state index contributed by atoms with van der Waals surface area (Å²) in [5.74, 6) is 0.144. The minimum Gasteiger partial charge on any atom is -0.378 e. The van der Waals surface area contributed by atoms with E-state index in [9.17, 15) is 4.79 Å². The number of aromatic nitrogens is 3. The van der Waals surface area contributed by atoms with E-state index in [0.717, 1.165) is 16.9 Å². The monoisotopic (exact) mass is 362 g/mol. The number of hydrogen-bond acceptors (Lipinski definition) is 6. The van der Waals surface area contributed by atoms with Gasteiger partial charge >= 0.3 is 0 Å². The number of pyridine rings is 1. The number of amides is 1. The molecule has 0 fully saturated rings. The smallest absolute Gasteiger partial charge is 0.270 e. The lowest BCUT2D eigenvalue weighted by atomic mass is 10.2. The highest BCUT2D eigenvalue weighted by molar-refractivity contribution is 5.92. The fourth-order valence-corrected chi connectivity index (χ4v) is 2.49. The Hall–Kier alpha value is -3.48. The Morgan fingerprint density at radius 1 is 1.04 bits per heavy atom. The van der Waals surface area contributed by atoms with Crippen molar-refractivity contribution in [3.8, 4) is 0 Å². The fraction of sp³-hybridized carbons (Fsp3) is 0.200. The maximum absolute atomic E-state index is 12.4. The van der Waals surface area contributed by atoms with Crippen LogP contribution in [0.1, 0.15) is 21.7 Å². The number of nitrogens with zero attached hydrogens (tertiary/aromatic N) is 4. The molecule has 0 spiro atoms. The molecule has 7 nitrogen and oxygen atoms in total. The van der Waals surface area contributed by atoms with Crippen molar-refractivity contribution >= 4 is 23.2 Å². The number of aryl methyl sites for hydroxylation is 1. The molecule has 0 radical (unpaired) electrons. The molecule has 3 rings (SSSR count). The van der Waals surface area contributed by atoms with E-state index in [0.29, 0.717) is 23.9 Å². The summed E-state index contributed by atoms with van der Waals surface area (Å²) in [5, 5.41) is 6.01. The van der Waals surface area contributed by atoms with Crippen LogP contribution in [-0.2, 0) is 6.54 Å². The quantitative estimate of drug-likeness (QED) is 0.702. The second kappa shape index (κ2) is 8.27. The van der Waals surface area contributed by atoms with Crippen LogP contribution < -0.4 is 15.5 Å². The number of nitrogens with one attached hydrogen (secondary N) is 2. The topological polar surface area (TPSA) is 83.0 Å². The Morgan fingerprint density at radius 3 is 2.41 bits per heavy atom. The molecule has 0 aliphatic heterocycles. The first-order chi connectivity index (χ1) is 13.0. The van der Waals surface area contributed by atoms with E-state index in [2.05, 4.69) is 25.6 Å². The number of carbonyl (C=O) groups is 1. The van der Waals surface area contributed by atoms with Gasteiger partial charge in [-0.25, -0.2) is 9.97 Å². The predicted molar refractivity (Wildman–Crippen MR) is 106 cm³/mol. The molecule has 0 saturated heterocycles. The molecule has 1 amide bonds. The van der Waals surface area contributed by atoms with Crippen LogP contribution in [0, 0.1) is 6.92 Å². The summed E-state index contributed by atoms with van der Waals surface area (Å²) in [4.78, 5) is 27.1. The summed E-state index contributed by atoms with van der Waals surface area (Å²) in [5.41, 5.74) is 3.97. The molecule has 7 heteroatoms. The van der Waals surface area contributed by atoms with Gasteiger partial charge in [-0.3, -0.25) is 9.78 Å². The molecule has 2 N–H and O–H groups in total. The van der Waals surface area contributed by atoms with E-state index >= 15 is 0 Å². The van der Waals surface area contributed by atoms with Crippen molar-refractivity contribution in [1.82, 2.24) is 20.3 Å². The van der Waals surface area contributed by atoms with Gasteiger partial charge in [0.15, 0.2) is 0 Å². The highest BCUT2D eigenvalue weighted by atomic mass is 16.1. The van der Waals surface area contributed by atoms with E-state index in [1.165, 1.54) is 0 Å². The fourth-order valence-electron chi connectivity index (χ4n) is 2.49. The van der Waals surface area contributed by atoms with Gasteiger partial charge in [0, 0.05) is 50.1 Å². The van der Waals surface area contributed by atoms with E-state index < -0.39 is 0 Å². The molecule has 2 heterocycles. The summed E-state index contributed by atoms with van der Waals surface area (Å²) in [6.45, 7) is 2.25. The van der Waals surface area contributed by atoms with Gasteiger partial charge in [0.1, 0.15) is 5.69 Å². The number of benzene rings is 1. The Bertz CT molecular complexity index is 910. The van der Waals surface area contributed by atoms with Gasteiger partial charge in [-0.1, -0.05) is 0 Å². The van der Waals surface area contributed by atoms with E-state index in [4.69, 9.17) is 0 Å². The Morgan fingerprint density at radius 2 is 1.74 bits per heavy atom. The van der Waals surface area contributed by atoms with Gasteiger partial charge < -0.3 is 15.5 Å². The predicted octanol–water partition coefficient (Wildman–Crippen LogP) is 2.92. The van der Waals surface area contributed by atoms with Crippen molar-refractivity contribution in [3.05, 3.63) is 71.8 Å². The molecule has 3 aromatic rings. The standard InChI is InChI=1S/C20H22N6O/c1-14-12-18(19(27)22-13-15-8-10-21-11-9-15)25-20(23-14)24-16-4-6-17(7-5-16)26(2)3/h4-12H,13H2,1-3H3,(H,22,27)(H,23,24,25). The molecular weight excluding hydrogens is 340 g/mol. The second-order valence-electron chi connectivity index (χ2n) is 6.32. The highest BCUT2D eigenvalue weighted by Gasteiger charge is 2.11. The zero-order valence-corrected chi connectivity index (χ0v) is 15.6. The molecule has 0 unspecified atom stereocenters. The van der Waals surface area contributed by atoms with Gasteiger partial charge in [0.05, 0.1) is 0 Å². The molecule has 0 aliphatic carbocycles. The molecule has 138 valence electrons. The average molecular weight is 362 g/mol. The largest absolute Gasteiger partial charge is 0.378 e. The molecule has 0 aliphatic rings. The summed E-state index contributed by atoms with van der Waals surface area (Å²) in [6, 6.07) is 13.3. The number of rotatable bonds is 6. The van der Waals surface area contributed by atoms with Gasteiger partial charge in [-0.2, -0.15) is 0 Å². The Kier molecular flexibility index (Phi) is 5.61. The number of anilines is 3. The van der Waals surface area contributed by atoms with Crippen molar-refractivity contribution < 1.29 is 4.79 Å². The zero-order valence-electron chi connectivity index (χ0n) is 15.6. The van der Waals surface area contributed by atoms with E-state index in [1.54, 1.807) is 18.5 Å². The van der Waals surface area contributed by atoms with Crippen LogP contribution in [0.25, 0.3) is 0 Å². The molecule has 0 atom stereocenters. The van der Waals surface area contributed by atoms with Gasteiger partial charge in [-0.05, 0) is 55.0 Å². The van der Waals surface area contributed by atoms with Crippen molar-refractivity contribution in [3.63, 3.8) is 0 Å². The van der Waals surface area contributed by atoms with Crippen molar-refractivity contribution in [2.45, 2.75) is 13.5 Å². The molecule has 0 bridgehead atoms. The SMILES string of the molecule is Cc1cc(C(=O)NCc2ccncc2)nc(Nc2ccc(N(C)C)cc2)n1. The molecule has 27 heavy (non-hydrogen) atoms. The summed E-state index contributed by atoms with van der Waals surface area (Å²) >= 11 is 0. The number of hydrogen-bond donors (Lipinski definition) is 2. The lowest BCUT2D eigenvalue weighted by Gasteiger charge is -2.13. The zero-order chi connectivity index (χ0) is 19.2. The van der Waals surface area contributed by atoms with Crippen molar-refractivity contribution in [1.29, 1.82) is 0 Å². The lowest BCUT2D eigenvalue weighted by molar-refractivity contribution is 0.0945. The second-order valence-corrected chi connectivity index (χ2v) is 6.32. The maximum atomic E-state index is 12.4. The first kappa shape index (κ1) is 18.3. The minimum absolute atomic E-state index is 0.247. The van der Waals surface area contributed by atoms with Crippen LogP contribution in [0.5, 0.6) is 0 Å². The highest BCUT2D eigenvalue weighted by Crippen LogP contribution is 2.18. The van der Waals surface area contributed by atoms with Crippen LogP contribution in [0.15, 0.2) is 54.9 Å². The molecular formula is C20H22N6O. The number of carbonyl (C=O) groups excluding carboxylic acids is 1. The van der Waals surface area contributed by atoms with Crippen LogP contribution in [0.2, 0.25) is 0 Å². The van der Waals surface area contributed by atoms with Gasteiger partial charge in [0.25, 0.3) is 5.91 Å². The normalized spacial score (nSPS) is 10.3. The van der Waals surface area contributed by atoms with E-state index in [-0.39, 0.29) is 5.91 Å². The minimum atomic E-state index is -0.247. The molecule has 1 aromatic carbocycles. The molecule has 0 saturated carbocycles. The van der Waals surface area contributed by atoms with Gasteiger partial charge in [0.2, 0.25) is 5.95 Å².